The van der Waals surface area contributed by atoms with E-state index in [1.54, 1.807) is 0 Å². The first kappa shape index (κ1) is 15.1. The summed E-state index contributed by atoms with van der Waals surface area (Å²) in [7, 11) is 0. The fraction of sp³-hybridized carbons (Fsp3) is 0.750. The van der Waals surface area contributed by atoms with Gasteiger partial charge in [0.05, 0.1) is 0 Å². The summed E-state index contributed by atoms with van der Waals surface area (Å²) in [5.74, 6) is 3.65. The molecular weight excluding hydrogens is 248 g/mol. The topological polar surface area (TPSA) is 49.8 Å². The van der Waals surface area contributed by atoms with Crippen LogP contribution in [0.3, 0.4) is 0 Å². The van der Waals surface area contributed by atoms with Gasteiger partial charge in [-0.2, -0.15) is 0 Å². The Hall–Kier alpha value is -1.32. The van der Waals surface area contributed by atoms with Crippen molar-refractivity contribution in [3.05, 3.63) is 11.4 Å². The molecule has 1 aromatic rings. The molecule has 112 valence electrons. The summed E-state index contributed by atoms with van der Waals surface area (Å²) in [5.41, 5.74) is 1.25. The molecule has 4 nitrogen and oxygen atoms in total. The highest BCUT2D eigenvalue weighted by molar-refractivity contribution is 5.58. The highest BCUT2D eigenvalue weighted by atomic mass is 15.1. The zero-order chi connectivity index (χ0) is 14.8. The zero-order valence-corrected chi connectivity index (χ0v) is 13.5. The normalized spacial score (nSPS) is 15.2. The van der Waals surface area contributed by atoms with Gasteiger partial charge < -0.3 is 10.6 Å². The highest BCUT2D eigenvalue weighted by Gasteiger charge is 2.38. The van der Waals surface area contributed by atoms with Crippen LogP contribution in [-0.4, -0.2) is 22.1 Å². The summed E-state index contributed by atoms with van der Waals surface area (Å²) in [6.45, 7) is 11.9. The van der Waals surface area contributed by atoms with Crippen molar-refractivity contribution in [1.82, 2.24) is 9.97 Å². The van der Waals surface area contributed by atoms with E-state index < -0.39 is 0 Å². The smallest absolute Gasteiger partial charge is 0.135 e. The molecule has 0 radical (unpaired) electrons. The van der Waals surface area contributed by atoms with Crippen LogP contribution in [0.1, 0.15) is 58.3 Å². The van der Waals surface area contributed by atoms with Crippen LogP contribution < -0.4 is 10.6 Å². The van der Waals surface area contributed by atoms with E-state index in [2.05, 4.69) is 50.2 Å². The Kier molecular flexibility index (Phi) is 4.51. The molecule has 2 rings (SSSR count). The van der Waals surface area contributed by atoms with Crippen LogP contribution in [0.25, 0.3) is 0 Å². The molecule has 0 atom stereocenters. The molecule has 0 aliphatic heterocycles. The zero-order valence-electron chi connectivity index (χ0n) is 13.5. The largest absolute Gasteiger partial charge is 0.370 e. The molecule has 0 spiro atoms. The van der Waals surface area contributed by atoms with E-state index in [9.17, 15) is 0 Å². The number of hydrogen-bond donors (Lipinski definition) is 2. The van der Waals surface area contributed by atoms with E-state index in [0.717, 1.165) is 48.3 Å². The number of rotatable bonds is 7. The third kappa shape index (κ3) is 3.41. The molecule has 1 aromatic heterocycles. The lowest BCUT2D eigenvalue weighted by molar-refractivity contribution is 0.491. The second-order valence-corrected chi connectivity index (χ2v) is 6.36. The molecule has 4 heteroatoms. The van der Waals surface area contributed by atoms with Crippen LogP contribution in [0.4, 0.5) is 11.6 Å². The Morgan fingerprint density at radius 2 is 1.80 bits per heavy atom. The van der Waals surface area contributed by atoms with Gasteiger partial charge in [-0.25, -0.2) is 9.97 Å². The van der Waals surface area contributed by atoms with Crippen molar-refractivity contribution >= 4 is 11.6 Å². The first-order valence-electron chi connectivity index (χ1n) is 7.87. The van der Waals surface area contributed by atoms with E-state index in [0.29, 0.717) is 0 Å². The molecule has 1 aliphatic rings. The van der Waals surface area contributed by atoms with Crippen molar-refractivity contribution in [1.29, 1.82) is 0 Å². The second-order valence-electron chi connectivity index (χ2n) is 6.36. The lowest BCUT2D eigenvalue weighted by atomic mass is 9.98. The Bertz CT molecular complexity index is 464. The molecule has 0 amide bonds. The number of hydrogen-bond acceptors (Lipinski definition) is 4. The lowest BCUT2D eigenvalue weighted by Gasteiger charge is -2.28. The van der Waals surface area contributed by atoms with Gasteiger partial charge in [0.15, 0.2) is 0 Å². The van der Waals surface area contributed by atoms with Crippen LogP contribution in [-0.2, 0) is 6.42 Å². The maximum absolute atomic E-state index is 4.69. The van der Waals surface area contributed by atoms with Gasteiger partial charge in [-0.05, 0) is 46.0 Å². The van der Waals surface area contributed by atoms with Gasteiger partial charge in [-0.3, -0.25) is 0 Å². The predicted octanol–water partition coefficient (Wildman–Crippen LogP) is 3.77. The Morgan fingerprint density at radius 1 is 1.15 bits per heavy atom. The summed E-state index contributed by atoms with van der Waals surface area (Å²) in [4.78, 5) is 9.31. The SMILES string of the molecule is CCCNc1nc(CC)nc(NC(C)(C)C2CC2)c1C. The fourth-order valence-electron chi connectivity index (χ4n) is 2.47. The van der Waals surface area contributed by atoms with Crippen LogP contribution in [0.5, 0.6) is 0 Å². The monoisotopic (exact) mass is 276 g/mol. The first-order chi connectivity index (χ1) is 9.47. The summed E-state index contributed by atoms with van der Waals surface area (Å²) in [6, 6.07) is 0. The minimum absolute atomic E-state index is 0.117. The molecule has 20 heavy (non-hydrogen) atoms. The maximum atomic E-state index is 4.69. The molecule has 0 bridgehead atoms. The number of nitrogens with zero attached hydrogens (tertiary/aromatic N) is 2. The average Bonchev–Trinajstić information content (AvgIpc) is 3.24. The van der Waals surface area contributed by atoms with Crippen molar-refractivity contribution < 1.29 is 0 Å². The summed E-state index contributed by atoms with van der Waals surface area (Å²) >= 11 is 0. The van der Waals surface area contributed by atoms with Crippen molar-refractivity contribution in [2.45, 2.75) is 65.8 Å². The Morgan fingerprint density at radius 3 is 2.35 bits per heavy atom. The van der Waals surface area contributed by atoms with Crippen molar-refractivity contribution in [2.75, 3.05) is 17.2 Å². The van der Waals surface area contributed by atoms with Gasteiger partial charge in [0.1, 0.15) is 17.5 Å². The number of anilines is 2. The lowest BCUT2D eigenvalue weighted by Crippen LogP contribution is -2.34. The number of aromatic nitrogens is 2. The molecule has 1 aliphatic carbocycles. The third-order valence-electron chi connectivity index (χ3n) is 4.09. The van der Waals surface area contributed by atoms with E-state index in [1.807, 2.05) is 0 Å². The molecule has 2 N–H and O–H groups in total. The minimum Gasteiger partial charge on any atom is -0.370 e. The Balaban J connectivity index is 2.25. The summed E-state index contributed by atoms with van der Waals surface area (Å²) in [5, 5.41) is 7.07. The van der Waals surface area contributed by atoms with E-state index in [4.69, 9.17) is 4.98 Å². The highest BCUT2D eigenvalue weighted by Crippen LogP contribution is 2.41. The molecule has 0 unspecified atom stereocenters. The molecule has 1 saturated carbocycles. The fourth-order valence-corrected chi connectivity index (χ4v) is 2.47. The molecule has 1 fully saturated rings. The standard InChI is InChI=1S/C16H28N4/c1-6-10-17-14-11(3)15(19-13(7-2)18-14)20-16(4,5)12-8-9-12/h12H,6-10H2,1-5H3,(H2,17,18,19,20). The number of aryl methyl sites for hydroxylation is 1. The van der Waals surface area contributed by atoms with Gasteiger partial charge >= 0.3 is 0 Å². The average molecular weight is 276 g/mol. The van der Waals surface area contributed by atoms with Crippen molar-refractivity contribution in [2.24, 2.45) is 5.92 Å². The van der Waals surface area contributed by atoms with Crippen LogP contribution in [0.15, 0.2) is 0 Å². The van der Waals surface area contributed by atoms with Gasteiger partial charge in [0, 0.05) is 24.1 Å². The number of nitrogens with one attached hydrogen (secondary N) is 2. The van der Waals surface area contributed by atoms with Gasteiger partial charge in [0.2, 0.25) is 0 Å². The Labute approximate surface area is 122 Å². The molecule has 0 aromatic carbocycles. The van der Waals surface area contributed by atoms with Crippen LogP contribution >= 0.6 is 0 Å². The maximum Gasteiger partial charge on any atom is 0.135 e. The summed E-state index contributed by atoms with van der Waals surface area (Å²) < 4.78 is 0. The van der Waals surface area contributed by atoms with Crippen LogP contribution in [0.2, 0.25) is 0 Å². The van der Waals surface area contributed by atoms with Gasteiger partial charge in [-0.1, -0.05) is 13.8 Å². The van der Waals surface area contributed by atoms with Crippen molar-refractivity contribution in [3.63, 3.8) is 0 Å². The van der Waals surface area contributed by atoms with Crippen molar-refractivity contribution in [3.8, 4) is 0 Å². The second kappa shape index (κ2) is 5.98. The first-order valence-corrected chi connectivity index (χ1v) is 7.87. The summed E-state index contributed by atoms with van der Waals surface area (Å²) in [6.07, 6.45) is 4.61. The van der Waals surface area contributed by atoms with Gasteiger partial charge in [-0.15, -0.1) is 0 Å². The molecule has 1 heterocycles. The molecule has 0 saturated heterocycles. The quantitative estimate of drug-likeness (QED) is 0.796. The minimum atomic E-state index is 0.117. The van der Waals surface area contributed by atoms with Crippen LogP contribution in [0, 0.1) is 12.8 Å². The van der Waals surface area contributed by atoms with E-state index >= 15 is 0 Å². The van der Waals surface area contributed by atoms with Gasteiger partial charge in [0.25, 0.3) is 0 Å². The van der Waals surface area contributed by atoms with E-state index in [1.165, 1.54) is 12.8 Å². The molecular formula is C16H28N4. The van der Waals surface area contributed by atoms with E-state index in [-0.39, 0.29) is 5.54 Å². The third-order valence-corrected chi connectivity index (χ3v) is 4.09. The predicted molar refractivity (Wildman–Crippen MR) is 85.4 cm³/mol.